The van der Waals surface area contributed by atoms with Gasteiger partial charge in [0.1, 0.15) is 16.6 Å². The molecule has 2 amide bonds. The van der Waals surface area contributed by atoms with Crippen molar-refractivity contribution in [3.8, 4) is 16.3 Å². The lowest BCUT2D eigenvalue weighted by molar-refractivity contribution is 0.192. The fraction of sp³-hybridized carbons (Fsp3) is 0.318. The number of nitrogens with zero attached hydrogens (tertiary/aromatic N) is 3. The number of nitrogens with one attached hydrogen (secondary N) is 1. The lowest BCUT2D eigenvalue weighted by Gasteiger charge is -2.31. The minimum Gasteiger partial charge on any atom is -0.494 e. The summed E-state index contributed by atoms with van der Waals surface area (Å²) >= 11 is 1.40. The first-order valence-corrected chi connectivity index (χ1v) is 10.8. The van der Waals surface area contributed by atoms with Gasteiger partial charge in [0.2, 0.25) is 0 Å². The van der Waals surface area contributed by atoms with Crippen molar-refractivity contribution in [1.82, 2.24) is 15.1 Å². The quantitative estimate of drug-likeness (QED) is 0.612. The van der Waals surface area contributed by atoms with Crippen LogP contribution < -0.4 is 10.1 Å². The van der Waals surface area contributed by atoms with Crippen LogP contribution in [-0.2, 0) is 0 Å². The summed E-state index contributed by atoms with van der Waals surface area (Å²) in [6.45, 7) is 3.79. The van der Waals surface area contributed by atoms with Crippen LogP contribution in [0.1, 0.15) is 30.7 Å². The van der Waals surface area contributed by atoms with Gasteiger partial charge in [0, 0.05) is 30.3 Å². The van der Waals surface area contributed by atoms with Gasteiger partial charge in [-0.2, -0.15) is 0 Å². The molecular formula is C22H23FN4O2S. The van der Waals surface area contributed by atoms with Gasteiger partial charge < -0.3 is 15.0 Å². The zero-order chi connectivity index (χ0) is 20.9. The standard InChI is InChI=1S/C22H23FN4O2S/c1-2-29-17-11-9-16(10-12-17)24-22(28)27-13-5-6-15(14-27)20-25-26-21(30-20)18-7-3-4-8-19(18)23/h3-4,7-12,15H,2,5-6,13-14H2,1H3,(H,24,28). The van der Waals surface area contributed by atoms with E-state index in [1.807, 2.05) is 31.2 Å². The lowest BCUT2D eigenvalue weighted by atomic mass is 9.99. The Hall–Kier alpha value is -3.00. The van der Waals surface area contributed by atoms with E-state index in [1.165, 1.54) is 17.4 Å². The summed E-state index contributed by atoms with van der Waals surface area (Å²) in [6, 6.07) is 13.8. The molecule has 0 bridgehead atoms. The summed E-state index contributed by atoms with van der Waals surface area (Å²) in [6.07, 6.45) is 1.81. The Bertz CT molecular complexity index is 1010. The molecule has 0 spiro atoms. The molecule has 1 unspecified atom stereocenters. The highest BCUT2D eigenvalue weighted by molar-refractivity contribution is 7.14. The third kappa shape index (κ3) is 4.59. The molecule has 1 atom stereocenters. The summed E-state index contributed by atoms with van der Waals surface area (Å²) in [5, 5.41) is 12.8. The number of benzene rings is 2. The summed E-state index contributed by atoms with van der Waals surface area (Å²) < 4.78 is 19.5. The van der Waals surface area contributed by atoms with Crippen molar-refractivity contribution in [1.29, 1.82) is 0 Å². The Kier molecular flexibility index (Phi) is 6.23. The number of hydrogen-bond donors (Lipinski definition) is 1. The highest BCUT2D eigenvalue weighted by Gasteiger charge is 2.27. The van der Waals surface area contributed by atoms with Crippen molar-refractivity contribution in [2.45, 2.75) is 25.7 Å². The van der Waals surface area contributed by atoms with Gasteiger partial charge >= 0.3 is 6.03 Å². The molecule has 6 nitrogen and oxygen atoms in total. The van der Waals surface area contributed by atoms with Crippen LogP contribution in [0, 0.1) is 5.82 Å². The first-order chi connectivity index (χ1) is 14.6. The van der Waals surface area contributed by atoms with Gasteiger partial charge in [0.05, 0.1) is 6.61 Å². The predicted octanol–water partition coefficient (Wildman–Crippen LogP) is 5.15. The van der Waals surface area contributed by atoms with Crippen LogP contribution >= 0.6 is 11.3 Å². The molecule has 3 aromatic rings. The number of ether oxygens (including phenoxy) is 1. The van der Waals surface area contributed by atoms with E-state index >= 15 is 0 Å². The third-order valence-corrected chi connectivity index (χ3v) is 6.14. The second kappa shape index (κ2) is 9.21. The molecular weight excluding hydrogens is 403 g/mol. The summed E-state index contributed by atoms with van der Waals surface area (Å²) in [4.78, 5) is 14.5. The van der Waals surface area contributed by atoms with E-state index in [2.05, 4.69) is 15.5 Å². The van der Waals surface area contributed by atoms with Crippen molar-refractivity contribution >= 4 is 23.1 Å². The highest BCUT2D eigenvalue weighted by Crippen LogP contribution is 2.33. The molecule has 0 saturated carbocycles. The molecule has 0 radical (unpaired) electrons. The Labute approximate surface area is 178 Å². The largest absolute Gasteiger partial charge is 0.494 e. The average molecular weight is 427 g/mol. The van der Waals surface area contributed by atoms with E-state index in [0.29, 0.717) is 30.3 Å². The first kappa shape index (κ1) is 20.3. The van der Waals surface area contributed by atoms with Gasteiger partial charge in [-0.25, -0.2) is 9.18 Å². The van der Waals surface area contributed by atoms with E-state index in [1.54, 1.807) is 23.1 Å². The van der Waals surface area contributed by atoms with Gasteiger partial charge in [-0.15, -0.1) is 10.2 Å². The molecule has 30 heavy (non-hydrogen) atoms. The molecule has 1 aliphatic rings. The maximum atomic E-state index is 14.0. The number of aromatic nitrogens is 2. The fourth-order valence-corrected chi connectivity index (χ4v) is 4.51. The van der Waals surface area contributed by atoms with Crippen LogP contribution in [-0.4, -0.2) is 40.8 Å². The molecule has 1 saturated heterocycles. The summed E-state index contributed by atoms with van der Waals surface area (Å²) in [5.41, 5.74) is 1.19. The molecule has 156 valence electrons. The molecule has 2 heterocycles. The molecule has 1 N–H and O–H groups in total. The summed E-state index contributed by atoms with van der Waals surface area (Å²) in [7, 11) is 0. The van der Waals surface area contributed by atoms with Crippen molar-refractivity contribution in [3.05, 3.63) is 59.4 Å². The van der Waals surface area contributed by atoms with Crippen LogP contribution in [0.3, 0.4) is 0 Å². The van der Waals surface area contributed by atoms with E-state index in [9.17, 15) is 9.18 Å². The van der Waals surface area contributed by atoms with Crippen molar-refractivity contribution < 1.29 is 13.9 Å². The Morgan fingerprint density at radius 1 is 1.23 bits per heavy atom. The minimum atomic E-state index is -0.305. The monoisotopic (exact) mass is 426 g/mol. The molecule has 2 aromatic carbocycles. The normalized spacial score (nSPS) is 16.3. The van der Waals surface area contributed by atoms with E-state index in [0.717, 1.165) is 29.3 Å². The molecule has 1 aliphatic heterocycles. The van der Waals surface area contributed by atoms with Crippen molar-refractivity contribution in [3.63, 3.8) is 0 Å². The number of urea groups is 1. The molecule has 4 rings (SSSR count). The van der Waals surface area contributed by atoms with Gasteiger partial charge in [-0.05, 0) is 56.2 Å². The average Bonchev–Trinajstić information content (AvgIpc) is 3.26. The Balaban J connectivity index is 1.41. The second-order valence-corrected chi connectivity index (χ2v) is 8.11. The minimum absolute atomic E-state index is 0.0999. The van der Waals surface area contributed by atoms with E-state index in [4.69, 9.17) is 4.74 Å². The third-order valence-electron chi connectivity index (χ3n) is 5.02. The number of halogens is 1. The number of piperidine rings is 1. The number of carbonyl (C=O) groups excluding carboxylic acids is 1. The van der Waals surface area contributed by atoms with Crippen molar-refractivity contribution in [2.75, 3.05) is 25.0 Å². The SMILES string of the molecule is CCOc1ccc(NC(=O)N2CCCC(c3nnc(-c4ccccc4F)s3)C2)cc1. The molecule has 1 aromatic heterocycles. The molecule has 8 heteroatoms. The number of rotatable bonds is 5. The highest BCUT2D eigenvalue weighted by atomic mass is 32.1. The maximum absolute atomic E-state index is 14.0. The van der Waals surface area contributed by atoms with Gasteiger partial charge in [-0.1, -0.05) is 23.5 Å². The van der Waals surface area contributed by atoms with Crippen LogP contribution in [0.25, 0.3) is 10.6 Å². The first-order valence-electron chi connectivity index (χ1n) is 10.0. The van der Waals surface area contributed by atoms with Crippen LogP contribution in [0.15, 0.2) is 48.5 Å². The van der Waals surface area contributed by atoms with E-state index < -0.39 is 0 Å². The Morgan fingerprint density at radius 2 is 2.03 bits per heavy atom. The van der Waals surface area contributed by atoms with Crippen LogP contribution in [0.4, 0.5) is 14.9 Å². The zero-order valence-corrected chi connectivity index (χ0v) is 17.5. The van der Waals surface area contributed by atoms with Gasteiger partial charge in [0.15, 0.2) is 5.01 Å². The summed E-state index contributed by atoms with van der Waals surface area (Å²) in [5.74, 6) is 0.568. The van der Waals surface area contributed by atoms with Crippen molar-refractivity contribution in [2.24, 2.45) is 0 Å². The van der Waals surface area contributed by atoms with Gasteiger partial charge in [0.25, 0.3) is 0 Å². The number of anilines is 1. The van der Waals surface area contributed by atoms with E-state index in [-0.39, 0.29) is 17.8 Å². The number of amides is 2. The smallest absolute Gasteiger partial charge is 0.321 e. The lowest BCUT2D eigenvalue weighted by Crippen LogP contribution is -2.41. The predicted molar refractivity (Wildman–Crippen MR) is 115 cm³/mol. The molecule has 0 aliphatic carbocycles. The van der Waals surface area contributed by atoms with Crippen LogP contribution in [0.5, 0.6) is 5.75 Å². The Morgan fingerprint density at radius 3 is 2.80 bits per heavy atom. The number of carbonyl (C=O) groups is 1. The number of hydrogen-bond acceptors (Lipinski definition) is 5. The fourth-order valence-electron chi connectivity index (χ4n) is 3.51. The topological polar surface area (TPSA) is 67.3 Å². The second-order valence-electron chi connectivity index (χ2n) is 7.10. The van der Waals surface area contributed by atoms with Gasteiger partial charge in [-0.3, -0.25) is 0 Å². The number of likely N-dealkylation sites (tertiary alicyclic amines) is 1. The van der Waals surface area contributed by atoms with Crippen LogP contribution in [0.2, 0.25) is 0 Å². The zero-order valence-electron chi connectivity index (χ0n) is 16.7. The molecule has 1 fully saturated rings. The maximum Gasteiger partial charge on any atom is 0.321 e.